The summed E-state index contributed by atoms with van der Waals surface area (Å²) >= 11 is 0. The zero-order chi connectivity index (χ0) is 19.0. The summed E-state index contributed by atoms with van der Waals surface area (Å²) in [5.41, 5.74) is -1.09. The van der Waals surface area contributed by atoms with Crippen LogP contribution in [0, 0.1) is 5.41 Å². The fraction of sp³-hybridized carbons (Fsp3) is 0.889. The van der Waals surface area contributed by atoms with E-state index in [-0.39, 0.29) is 17.2 Å². The SMILES string of the molecule is CC(C)(C)OC(=O)N1CC[C@@](C)(C=O)[C@@H](O[Si](C)(C)C(C)(C)C)C1. The van der Waals surface area contributed by atoms with Crippen molar-refractivity contribution in [1.82, 2.24) is 4.90 Å². The number of ether oxygens (including phenoxy) is 1. The van der Waals surface area contributed by atoms with Gasteiger partial charge in [0.05, 0.1) is 11.5 Å². The Morgan fingerprint density at radius 1 is 1.21 bits per heavy atom. The van der Waals surface area contributed by atoms with Crippen molar-refractivity contribution in [1.29, 1.82) is 0 Å². The van der Waals surface area contributed by atoms with Gasteiger partial charge in [0, 0.05) is 13.1 Å². The Kier molecular flexibility index (Phi) is 5.98. The van der Waals surface area contributed by atoms with Crippen LogP contribution in [0.2, 0.25) is 18.1 Å². The molecule has 6 heteroatoms. The van der Waals surface area contributed by atoms with Crippen LogP contribution in [0.1, 0.15) is 54.9 Å². The Labute approximate surface area is 148 Å². The van der Waals surface area contributed by atoms with E-state index >= 15 is 0 Å². The van der Waals surface area contributed by atoms with Crippen molar-refractivity contribution < 1.29 is 18.8 Å². The molecule has 1 amide bonds. The summed E-state index contributed by atoms with van der Waals surface area (Å²) in [4.78, 5) is 25.8. The minimum atomic E-state index is -2.05. The molecule has 5 nitrogen and oxygen atoms in total. The Bertz CT molecular complexity index is 478. The number of nitrogens with zero attached hydrogens (tertiary/aromatic N) is 1. The van der Waals surface area contributed by atoms with Crippen molar-refractivity contribution in [2.24, 2.45) is 5.41 Å². The van der Waals surface area contributed by atoms with Gasteiger partial charge in [-0.25, -0.2) is 4.79 Å². The van der Waals surface area contributed by atoms with Gasteiger partial charge in [0.15, 0.2) is 8.32 Å². The fourth-order valence-electron chi connectivity index (χ4n) is 2.37. The molecule has 1 rings (SSSR count). The summed E-state index contributed by atoms with van der Waals surface area (Å²) < 4.78 is 12.0. The molecule has 0 spiro atoms. The number of hydrogen-bond acceptors (Lipinski definition) is 4. The molecule has 0 saturated carbocycles. The van der Waals surface area contributed by atoms with Crippen molar-refractivity contribution >= 4 is 20.7 Å². The smallest absolute Gasteiger partial charge is 0.410 e. The molecule has 0 bridgehead atoms. The fourth-order valence-corrected chi connectivity index (χ4v) is 3.78. The van der Waals surface area contributed by atoms with E-state index in [2.05, 4.69) is 33.9 Å². The van der Waals surface area contributed by atoms with Gasteiger partial charge in [0.1, 0.15) is 11.9 Å². The Balaban J connectivity index is 2.96. The van der Waals surface area contributed by atoms with Crippen LogP contribution in [0.25, 0.3) is 0 Å². The lowest BCUT2D eigenvalue weighted by Crippen LogP contribution is -2.58. The molecule has 1 saturated heterocycles. The Morgan fingerprint density at radius 2 is 1.75 bits per heavy atom. The average Bonchev–Trinajstić information content (AvgIpc) is 2.37. The quantitative estimate of drug-likeness (QED) is 0.560. The van der Waals surface area contributed by atoms with Crippen LogP contribution in [0.4, 0.5) is 4.79 Å². The standard InChI is InChI=1S/C18H35NO4Si/c1-16(2,3)22-15(21)19-11-10-18(7,13-20)14(12-19)23-24(8,9)17(4,5)6/h13-14H,10-12H2,1-9H3/t14-,18-/m0/s1. The van der Waals surface area contributed by atoms with Gasteiger partial charge in [-0.2, -0.15) is 0 Å². The molecule has 1 aliphatic heterocycles. The predicted molar refractivity (Wildman–Crippen MR) is 98.7 cm³/mol. The van der Waals surface area contributed by atoms with Crippen molar-refractivity contribution in [3.8, 4) is 0 Å². The lowest BCUT2D eigenvalue weighted by molar-refractivity contribution is -0.125. The van der Waals surface area contributed by atoms with Crippen LogP contribution >= 0.6 is 0 Å². The molecule has 0 aromatic carbocycles. The molecule has 0 aromatic heterocycles. The van der Waals surface area contributed by atoms with Crippen molar-refractivity contribution in [3.05, 3.63) is 0 Å². The molecule has 0 unspecified atom stereocenters. The summed E-state index contributed by atoms with van der Waals surface area (Å²) in [6.07, 6.45) is 0.961. The van der Waals surface area contributed by atoms with Crippen molar-refractivity contribution in [3.63, 3.8) is 0 Å². The molecule has 140 valence electrons. The third kappa shape index (κ3) is 5.05. The highest BCUT2D eigenvalue weighted by Gasteiger charge is 2.47. The summed E-state index contributed by atoms with van der Waals surface area (Å²) in [7, 11) is -2.05. The first-order valence-corrected chi connectivity index (χ1v) is 11.6. The van der Waals surface area contributed by atoms with Crippen LogP contribution in [-0.2, 0) is 14.0 Å². The summed E-state index contributed by atoms with van der Waals surface area (Å²) in [5.74, 6) is 0. The van der Waals surface area contributed by atoms with Crippen LogP contribution in [0.15, 0.2) is 0 Å². The molecule has 2 atom stereocenters. The maximum absolute atomic E-state index is 12.4. The number of amides is 1. The highest BCUT2D eigenvalue weighted by atomic mass is 28.4. The second-order valence-electron chi connectivity index (χ2n) is 9.67. The highest BCUT2D eigenvalue weighted by molar-refractivity contribution is 6.74. The zero-order valence-electron chi connectivity index (χ0n) is 16.9. The van der Waals surface area contributed by atoms with Gasteiger partial charge in [-0.1, -0.05) is 27.7 Å². The molecule has 0 radical (unpaired) electrons. The molecule has 1 aliphatic rings. The predicted octanol–water partition coefficient (Wildman–Crippen LogP) is 4.22. The molecule has 24 heavy (non-hydrogen) atoms. The molecular formula is C18H35NO4Si. The number of piperidine rings is 1. The minimum absolute atomic E-state index is 0.0466. The lowest BCUT2D eigenvalue weighted by Gasteiger charge is -2.48. The lowest BCUT2D eigenvalue weighted by atomic mass is 9.79. The molecule has 0 aromatic rings. The third-order valence-electron chi connectivity index (χ3n) is 5.21. The largest absolute Gasteiger partial charge is 0.444 e. The summed E-state index contributed by atoms with van der Waals surface area (Å²) in [6.45, 7) is 19.3. The third-order valence-corrected chi connectivity index (χ3v) is 9.69. The first-order valence-electron chi connectivity index (χ1n) is 8.73. The first kappa shape index (κ1) is 21.2. The number of likely N-dealkylation sites (tertiary alicyclic amines) is 1. The van der Waals surface area contributed by atoms with E-state index < -0.39 is 19.3 Å². The molecule has 1 fully saturated rings. The average molecular weight is 358 g/mol. The van der Waals surface area contributed by atoms with Crippen molar-refractivity contribution in [2.75, 3.05) is 13.1 Å². The monoisotopic (exact) mass is 357 g/mol. The van der Waals surface area contributed by atoms with Gasteiger partial charge in [0.25, 0.3) is 0 Å². The number of carbonyl (C=O) groups excluding carboxylic acids is 2. The molecule has 1 heterocycles. The first-order chi connectivity index (χ1) is 10.6. The van der Waals surface area contributed by atoms with Crippen LogP contribution in [0.5, 0.6) is 0 Å². The minimum Gasteiger partial charge on any atom is -0.444 e. The van der Waals surface area contributed by atoms with Crippen LogP contribution < -0.4 is 0 Å². The van der Waals surface area contributed by atoms with Gasteiger partial charge in [-0.15, -0.1) is 0 Å². The van der Waals surface area contributed by atoms with Gasteiger partial charge >= 0.3 is 6.09 Å². The molecular weight excluding hydrogens is 322 g/mol. The van der Waals surface area contributed by atoms with E-state index in [1.165, 1.54) is 0 Å². The van der Waals surface area contributed by atoms with Gasteiger partial charge in [0.2, 0.25) is 0 Å². The number of hydrogen-bond donors (Lipinski definition) is 0. The second kappa shape index (κ2) is 6.79. The molecule has 0 N–H and O–H groups in total. The second-order valence-corrected chi connectivity index (χ2v) is 14.4. The van der Waals surface area contributed by atoms with E-state index in [0.717, 1.165) is 6.29 Å². The number of carbonyl (C=O) groups is 2. The van der Waals surface area contributed by atoms with Gasteiger partial charge < -0.3 is 18.9 Å². The zero-order valence-corrected chi connectivity index (χ0v) is 17.9. The van der Waals surface area contributed by atoms with Gasteiger partial charge in [-0.05, 0) is 45.3 Å². The Hall–Kier alpha value is -0.883. The maximum atomic E-state index is 12.4. The van der Waals surface area contributed by atoms with Crippen molar-refractivity contribution in [2.45, 2.75) is 84.7 Å². The van der Waals surface area contributed by atoms with E-state index in [4.69, 9.17) is 9.16 Å². The van der Waals surface area contributed by atoms with E-state index in [1.54, 1.807) is 4.90 Å². The normalized spacial score (nSPS) is 26.2. The molecule has 0 aliphatic carbocycles. The topological polar surface area (TPSA) is 55.8 Å². The van der Waals surface area contributed by atoms with E-state index in [1.807, 2.05) is 27.7 Å². The van der Waals surface area contributed by atoms with E-state index in [9.17, 15) is 9.59 Å². The van der Waals surface area contributed by atoms with Gasteiger partial charge in [-0.3, -0.25) is 0 Å². The van der Waals surface area contributed by atoms with Crippen LogP contribution in [-0.4, -0.2) is 50.4 Å². The Morgan fingerprint density at radius 3 is 2.17 bits per heavy atom. The maximum Gasteiger partial charge on any atom is 0.410 e. The number of rotatable bonds is 3. The van der Waals surface area contributed by atoms with Crippen LogP contribution in [0.3, 0.4) is 0 Å². The highest BCUT2D eigenvalue weighted by Crippen LogP contribution is 2.41. The number of aldehydes is 1. The summed E-state index contributed by atoms with van der Waals surface area (Å²) in [5, 5.41) is 0.0466. The summed E-state index contributed by atoms with van der Waals surface area (Å²) in [6, 6.07) is 0. The van der Waals surface area contributed by atoms with E-state index in [0.29, 0.717) is 19.5 Å².